The zero-order valence-electron chi connectivity index (χ0n) is 16.1. The first-order valence-corrected chi connectivity index (χ1v) is 9.96. The van der Waals surface area contributed by atoms with Gasteiger partial charge >= 0.3 is 0 Å². The van der Waals surface area contributed by atoms with E-state index in [1.54, 1.807) is 10.9 Å². The molecule has 2 aromatic heterocycles. The SMILES string of the molecule is CCCCOCC(COCCCC)OCn1cnc2c(=O)[nH]c(NP)nc21. The number of imidazole rings is 1. The van der Waals surface area contributed by atoms with Gasteiger partial charge in [0.15, 0.2) is 11.2 Å². The van der Waals surface area contributed by atoms with Crippen LogP contribution in [0.3, 0.4) is 0 Å². The van der Waals surface area contributed by atoms with Gasteiger partial charge in [0.2, 0.25) is 5.95 Å². The Balaban J connectivity index is 1.98. The summed E-state index contributed by atoms with van der Waals surface area (Å²) >= 11 is 0. The normalized spacial score (nSPS) is 11.6. The Labute approximate surface area is 161 Å². The van der Waals surface area contributed by atoms with Crippen LogP contribution in [-0.4, -0.2) is 52.1 Å². The molecule has 0 spiro atoms. The van der Waals surface area contributed by atoms with Crippen LogP contribution in [-0.2, 0) is 20.9 Å². The van der Waals surface area contributed by atoms with Crippen molar-refractivity contribution in [3.63, 3.8) is 0 Å². The Bertz CT molecular complexity index is 724. The van der Waals surface area contributed by atoms with Gasteiger partial charge in [0, 0.05) is 13.2 Å². The van der Waals surface area contributed by atoms with Gasteiger partial charge in [0.25, 0.3) is 5.56 Å². The molecule has 2 N–H and O–H groups in total. The van der Waals surface area contributed by atoms with Crippen LogP contribution < -0.4 is 10.6 Å². The van der Waals surface area contributed by atoms with Gasteiger partial charge in [0.05, 0.1) is 19.5 Å². The summed E-state index contributed by atoms with van der Waals surface area (Å²) in [6.07, 6.45) is 5.57. The number of hydrogen-bond acceptors (Lipinski definition) is 7. The van der Waals surface area contributed by atoms with Crippen LogP contribution in [0, 0.1) is 0 Å². The van der Waals surface area contributed by atoms with Gasteiger partial charge in [-0.15, -0.1) is 0 Å². The number of fused-ring (bicyclic) bond motifs is 1. The monoisotopic (exact) mass is 399 g/mol. The number of ether oxygens (including phenoxy) is 3. The maximum absolute atomic E-state index is 12.0. The zero-order valence-corrected chi connectivity index (χ0v) is 17.2. The average molecular weight is 399 g/mol. The summed E-state index contributed by atoms with van der Waals surface area (Å²) in [5.41, 5.74) is 0.435. The molecule has 0 bridgehead atoms. The van der Waals surface area contributed by atoms with E-state index >= 15 is 0 Å². The van der Waals surface area contributed by atoms with Crippen molar-refractivity contribution in [1.29, 1.82) is 0 Å². The van der Waals surface area contributed by atoms with Crippen LogP contribution in [0.1, 0.15) is 39.5 Å². The molecule has 10 heteroatoms. The lowest BCUT2D eigenvalue weighted by Gasteiger charge is -2.18. The number of anilines is 1. The summed E-state index contributed by atoms with van der Waals surface area (Å²) in [5, 5.41) is 2.75. The van der Waals surface area contributed by atoms with Crippen LogP contribution in [0.4, 0.5) is 5.95 Å². The first-order valence-electron chi connectivity index (χ1n) is 9.38. The van der Waals surface area contributed by atoms with E-state index in [-0.39, 0.29) is 23.9 Å². The minimum Gasteiger partial charge on any atom is -0.379 e. The third-order valence-electron chi connectivity index (χ3n) is 3.95. The fourth-order valence-electron chi connectivity index (χ4n) is 2.37. The van der Waals surface area contributed by atoms with Crippen LogP contribution in [0.25, 0.3) is 11.2 Å². The molecule has 9 nitrogen and oxygen atoms in total. The Morgan fingerprint density at radius 1 is 1.22 bits per heavy atom. The molecule has 0 saturated carbocycles. The van der Waals surface area contributed by atoms with E-state index in [2.05, 4.69) is 43.3 Å². The van der Waals surface area contributed by atoms with Crippen molar-refractivity contribution in [1.82, 2.24) is 19.5 Å². The van der Waals surface area contributed by atoms with Gasteiger partial charge in [-0.05, 0) is 22.2 Å². The van der Waals surface area contributed by atoms with Crippen LogP contribution >= 0.6 is 9.39 Å². The van der Waals surface area contributed by atoms with E-state index in [1.165, 1.54) is 0 Å². The molecule has 0 aromatic carbocycles. The molecule has 2 aromatic rings. The molecule has 0 fully saturated rings. The van der Waals surface area contributed by atoms with Gasteiger partial charge in [-0.25, -0.2) is 4.98 Å². The van der Waals surface area contributed by atoms with Crippen LogP contribution in [0.5, 0.6) is 0 Å². The summed E-state index contributed by atoms with van der Waals surface area (Å²) in [4.78, 5) is 23.1. The lowest BCUT2D eigenvalue weighted by molar-refractivity contribution is -0.0815. The molecule has 0 radical (unpaired) electrons. The summed E-state index contributed by atoms with van der Waals surface area (Å²) in [7, 11) is 2.30. The first kappa shape index (κ1) is 21.8. The molecule has 0 saturated heterocycles. The molecular weight excluding hydrogens is 369 g/mol. The lowest BCUT2D eigenvalue weighted by atomic mass is 10.3. The van der Waals surface area contributed by atoms with Crippen molar-refractivity contribution in [2.24, 2.45) is 0 Å². The van der Waals surface area contributed by atoms with E-state index in [4.69, 9.17) is 14.2 Å². The van der Waals surface area contributed by atoms with E-state index in [1.807, 2.05) is 0 Å². The van der Waals surface area contributed by atoms with E-state index in [0.717, 1.165) is 25.7 Å². The van der Waals surface area contributed by atoms with Crippen molar-refractivity contribution in [2.75, 3.05) is 31.5 Å². The first-order chi connectivity index (χ1) is 13.2. The Morgan fingerprint density at radius 3 is 2.48 bits per heavy atom. The fraction of sp³-hybridized carbons (Fsp3) is 0.706. The highest BCUT2D eigenvalue weighted by Gasteiger charge is 2.14. The molecule has 1 unspecified atom stereocenters. The van der Waals surface area contributed by atoms with Gasteiger partial charge < -0.3 is 19.3 Å². The number of aromatic nitrogens is 4. The molecule has 152 valence electrons. The Morgan fingerprint density at radius 2 is 1.89 bits per heavy atom. The maximum atomic E-state index is 12.0. The molecule has 0 amide bonds. The fourth-order valence-corrected chi connectivity index (χ4v) is 2.51. The number of hydrogen-bond donors (Lipinski definition) is 2. The largest absolute Gasteiger partial charge is 0.379 e. The van der Waals surface area contributed by atoms with E-state index < -0.39 is 0 Å². The van der Waals surface area contributed by atoms with E-state index in [0.29, 0.717) is 38.0 Å². The highest BCUT2D eigenvalue weighted by atomic mass is 31.0. The summed E-state index contributed by atoms with van der Waals surface area (Å²) in [6.45, 7) is 6.81. The molecule has 0 aliphatic heterocycles. The molecule has 0 aliphatic rings. The maximum Gasteiger partial charge on any atom is 0.280 e. The molecule has 0 aliphatic carbocycles. The van der Waals surface area contributed by atoms with E-state index in [9.17, 15) is 4.79 Å². The molecule has 1 atom stereocenters. The van der Waals surface area contributed by atoms with Gasteiger partial charge in [-0.2, -0.15) is 4.98 Å². The number of H-pyrrole nitrogens is 1. The highest BCUT2D eigenvalue weighted by molar-refractivity contribution is 7.18. The van der Waals surface area contributed by atoms with Gasteiger partial charge in [0.1, 0.15) is 12.8 Å². The number of aromatic amines is 1. The lowest BCUT2D eigenvalue weighted by Crippen LogP contribution is -2.27. The van der Waals surface area contributed by atoms with Crippen LogP contribution in [0.15, 0.2) is 11.1 Å². The predicted octanol–water partition coefficient (Wildman–Crippen LogP) is 2.30. The van der Waals surface area contributed by atoms with Crippen molar-refractivity contribution in [3.05, 3.63) is 16.7 Å². The van der Waals surface area contributed by atoms with Gasteiger partial charge in [-0.3, -0.25) is 14.3 Å². The topological polar surface area (TPSA) is 103 Å². The second-order valence-electron chi connectivity index (χ2n) is 6.22. The molecular formula is C17H30N5O4P. The average Bonchev–Trinajstić information content (AvgIpc) is 3.09. The quantitative estimate of drug-likeness (QED) is 0.371. The Kier molecular flexibility index (Phi) is 9.69. The van der Waals surface area contributed by atoms with Crippen molar-refractivity contribution >= 4 is 26.5 Å². The standard InChI is InChI=1S/C17H30N5O4P/c1-3-5-7-24-9-13(10-25-8-6-4-2)26-12-22-11-18-14-15(22)19-17(21-27)20-16(14)23/h11,13H,3-10,12,27H2,1-2H3,(H2,19,20,21,23). The van der Waals surface area contributed by atoms with Crippen molar-refractivity contribution < 1.29 is 14.2 Å². The van der Waals surface area contributed by atoms with Crippen molar-refractivity contribution in [3.8, 4) is 0 Å². The molecule has 2 heterocycles. The number of unbranched alkanes of at least 4 members (excludes halogenated alkanes) is 2. The highest BCUT2D eigenvalue weighted by Crippen LogP contribution is 2.10. The Hall–Kier alpha value is -1.54. The summed E-state index contributed by atoms with van der Waals surface area (Å²) in [6, 6.07) is 0. The zero-order chi connectivity index (χ0) is 19.5. The second kappa shape index (κ2) is 12.0. The van der Waals surface area contributed by atoms with Crippen molar-refractivity contribution in [2.45, 2.75) is 52.4 Å². The third-order valence-corrected chi connectivity index (χ3v) is 4.23. The molecule has 2 rings (SSSR count). The minimum absolute atomic E-state index is 0.197. The number of rotatable bonds is 14. The van der Waals surface area contributed by atoms with Gasteiger partial charge in [-0.1, -0.05) is 26.7 Å². The number of nitrogens with zero attached hydrogens (tertiary/aromatic N) is 3. The summed E-state index contributed by atoms with van der Waals surface area (Å²) < 4.78 is 19.0. The third kappa shape index (κ3) is 6.84. The predicted molar refractivity (Wildman–Crippen MR) is 108 cm³/mol. The van der Waals surface area contributed by atoms with Crippen LogP contribution in [0.2, 0.25) is 0 Å². The number of nitrogens with one attached hydrogen (secondary N) is 2. The minimum atomic E-state index is -0.300. The second-order valence-corrected chi connectivity index (χ2v) is 6.51. The smallest absolute Gasteiger partial charge is 0.280 e. The summed E-state index contributed by atoms with van der Waals surface area (Å²) in [5.74, 6) is 0.349. The molecule has 27 heavy (non-hydrogen) atoms.